The Bertz CT molecular complexity index is 993. The maximum atomic E-state index is 12.0. The Hall–Kier alpha value is -3.67. The number of nitrogens with one attached hydrogen (secondary N) is 1. The number of rotatable bonds is 6. The molecule has 0 aliphatic carbocycles. The van der Waals surface area contributed by atoms with Gasteiger partial charge in [-0.15, -0.1) is 0 Å². The molecule has 0 radical (unpaired) electrons. The van der Waals surface area contributed by atoms with Gasteiger partial charge in [-0.05, 0) is 47.5 Å². The average Bonchev–Trinajstić information content (AvgIpc) is 2.70. The lowest BCUT2D eigenvalue weighted by Crippen LogP contribution is -2.29. The summed E-state index contributed by atoms with van der Waals surface area (Å²) in [7, 11) is 1.59. The molecule has 1 aromatic heterocycles. The minimum absolute atomic E-state index is 0.0433. The van der Waals surface area contributed by atoms with E-state index in [1.165, 1.54) is 16.8 Å². The van der Waals surface area contributed by atoms with E-state index < -0.39 is 5.91 Å². The number of aromatic nitrogens is 1. The molecule has 1 N–H and O–H groups in total. The average molecular weight is 361 g/mol. The smallest absolute Gasteiger partial charge is 0.276 e. The summed E-state index contributed by atoms with van der Waals surface area (Å²) in [4.78, 5) is 23.9. The van der Waals surface area contributed by atoms with Gasteiger partial charge in [0.25, 0.3) is 11.5 Å². The van der Waals surface area contributed by atoms with Crippen LogP contribution in [-0.4, -0.2) is 16.7 Å². The lowest BCUT2D eigenvalue weighted by molar-refractivity contribution is 0.0953. The van der Waals surface area contributed by atoms with E-state index in [1.54, 1.807) is 19.3 Å². The maximum Gasteiger partial charge on any atom is 0.276 e. The van der Waals surface area contributed by atoms with E-state index in [1.807, 2.05) is 54.6 Å². The van der Waals surface area contributed by atoms with Crippen LogP contribution in [0.25, 0.3) is 0 Å². The summed E-state index contributed by atoms with van der Waals surface area (Å²) in [5, 5.41) is 3.90. The van der Waals surface area contributed by atoms with Crippen molar-refractivity contribution in [3.05, 3.63) is 100.0 Å². The van der Waals surface area contributed by atoms with Crippen molar-refractivity contribution < 1.29 is 9.53 Å². The van der Waals surface area contributed by atoms with Gasteiger partial charge in [0.1, 0.15) is 17.9 Å². The number of amides is 1. The van der Waals surface area contributed by atoms with Crippen molar-refractivity contribution in [2.24, 2.45) is 12.1 Å². The minimum atomic E-state index is -0.546. The predicted molar refractivity (Wildman–Crippen MR) is 104 cm³/mol. The molecule has 0 spiro atoms. The molecule has 0 bridgehead atoms. The molecule has 1 heterocycles. The third-order valence-corrected chi connectivity index (χ3v) is 3.88. The molecular formula is C21H19N3O3. The third kappa shape index (κ3) is 4.92. The number of pyridine rings is 1. The van der Waals surface area contributed by atoms with Crippen LogP contribution in [0.3, 0.4) is 0 Å². The van der Waals surface area contributed by atoms with Gasteiger partial charge in [0, 0.05) is 13.2 Å². The van der Waals surface area contributed by atoms with Crippen molar-refractivity contribution in [3.8, 4) is 5.75 Å². The van der Waals surface area contributed by atoms with E-state index in [0.29, 0.717) is 6.61 Å². The third-order valence-electron chi connectivity index (χ3n) is 3.88. The summed E-state index contributed by atoms with van der Waals surface area (Å²) in [6, 6.07) is 20.3. The van der Waals surface area contributed by atoms with E-state index in [9.17, 15) is 9.59 Å². The fourth-order valence-corrected chi connectivity index (χ4v) is 2.39. The Labute approximate surface area is 156 Å². The molecule has 0 atom stereocenters. The quantitative estimate of drug-likeness (QED) is 0.542. The van der Waals surface area contributed by atoms with E-state index in [0.717, 1.165) is 16.9 Å². The van der Waals surface area contributed by atoms with Crippen LogP contribution in [0.15, 0.2) is 82.8 Å². The van der Waals surface area contributed by atoms with Crippen LogP contribution in [0, 0.1) is 0 Å². The number of hydrogen-bond donors (Lipinski definition) is 1. The van der Waals surface area contributed by atoms with E-state index in [2.05, 4.69) is 10.5 Å². The van der Waals surface area contributed by atoms with E-state index in [4.69, 9.17) is 4.74 Å². The fourth-order valence-electron chi connectivity index (χ4n) is 2.39. The van der Waals surface area contributed by atoms with Gasteiger partial charge in [0.05, 0.1) is 6.21 Å². The van der Waals surface area contributed by atoms with Gasteiger partial charge in [0.15, 0.2) is 0 Å². The second-order valence-corrected chi connectivity index (χ2v) is 5.88. The Morgan fingerprint density at radius 1 is 1.07 bits per heavy atom. The molecule has 6 nitrogen and oxygen atoms in total. The van der Waals surface area contributed by atoms with Crippen LogP contribution in [0.1, 0.15) is 21.5 Å². The molecule has 136 valence electrons. The molecule has 0 aliphatic rings. The zero-order valence-corrected chi connectivity index (χ0v) is 14.8. The number of nitrogens with zero attached hydrogens (tertiary/aromatic N) is 2. The highest BCUT2D eigenvalue weighted by atomic mass is 16.5. The Morgan fingerprint density at radius 3 is 2.56 bits per heavy atom. The summed E-state index contributed by atoms with van der Waals surface area (Å²) >= 11 is 0. The molecule has 3 rings (SSSR count). The van der Waals surface area contributed by atoms with Crippen LogP contribution in [0.2, 0.25) is 0 Å². The van der Waals surface area contributed by atoms with Crippen LogP contribution < -0.4 is 15.7 Å². The lowest BCUT2D eigenvalue weighted by Gasteiger charge is -2.06. The molecule has 0 unspecified atom stereocenters. The van der Waals surface area contributed by atoms with Gasteiger partial charge >= 0.3 is 0 Å². The highest BCUT2D eigenvalue weighted by Gasteiger charge is 2.09. The molecular weight excluding hydrogens is 342 g/mol. The van der Waals surface area contributed by atoms with Crippen LogP contribution >= 0.6 is 0 Å². The van der Waals surface area contributed by atoms with E-state index in [-0.39, 0.29) is 11.1 Å². The Kier molecular flexibility index (Phi) is 5.79. The maximum absolute atomic E-state index is 12.0. The summed E-state index contributed by atoms with van der Waals surface area (Å²) < 4.78 is 7.06. The second kappa shape index (κ2) is 8.62. The standard InChI is InChI=1S/C21H19N3O3/c1-24-13-5-8-19(21(24)26)20(25)23-22-14-16-9-11-18(12-10-16)27-15-17-6-3-2-4-7-17/h2-14H,15H2,1H3,(H,23,25)/b22-14-. The number of ether oxygens (including phenoxy) is 1. The van der Waals surface area contributed by atoms with Crippen molar-refractivity contribution >= 4 is 12.1 Å². The number of hydrazone groups is 1. The van der Waals surface area contributed by atoms with Crippen molar-refractivity contribution in [2.45, 2.75) is 6.61 Å². The molecule has 0 saturated heterocycles. The first-order valence-corrected chi connectivity index (χ1v) is 8.39. The van der Waals surface area contributed by atoms with Crippen molar-refractivity contribution in [1.82, 2.24) is 9.99 Å². The highest BCUT2D eigenvalue weighted by molar-refractivity contribution is 5.94. The minimum Gasteiger partial charge on any atom is -0.489 e. The zero-order valence-electron chi connectivity index (χ0n) is 14.8. The van der Waals surface area contributed by atoms with Crippen LogP contribution in [-0.2, 0) is 13.7 Å². The lowest BCUT2D eigenvalue weighted by atomic mass is 10.2. The zero-order chi connectivity index (χ0) is 19.1. The Balaban J connectivity index is 1.55. The van der Waals surface area contributed by atoms with Gasteiger partial charge in [-0.1, -0.05) is 30.3 Å². The monoisotopic (exact) mass is 361 g/mol. The largest absolute Gasteiger partial charge is 0.489 e. The van der Waals surface area contributed by atoms with Crippen molar-refractivity contribution in [1.29, 1.82) is 0 Å². The summed E-state index contributed by atoms with van der Waals surface area (Å²) in [5.74, 6) is 0.197. The van der Waals surface area contributed by atoms with E-state index >= 15 is 0 Å². The van der Waals surface area contributed by atoms with Crippen molar-refractivity contribution in [3.63, 3.8) is 0 Å². The van der Waals surface area contributed by atoms with Gasteiger partial charge in [0.2, 0.25) is 0 Å². The number of benzene rings is 2. The first-order chi connectivity index (χ1) is 13.1. The first kappa shape index (κ1) is 18.1. The highest BCUT2D eigenvalue weighted by Crippen LogP contribution is 2.13. The topological polar surface area (TPSA) is 72.7 Å². The first-order valence-electron chi connectivity index (χ1n) is 8.39. The van der Waals surface area contributed by atoms with Crippen LogP contribution in [0.4, 0.5) is 0 Å². The van der Waals surface area contributed by atoms with Gasteiger partial charge in [-0.25, -0.2) is 5.43 Å². The summed E-state index contributed by atoms with van der Waals surface area (Å²) in [6.45, 7) is 0.496. The molecule has 0 saturated carbocycles. The number of carbonyl (C=O) groups is 1. The molecule has 3 aromatic rings. The molecule has 0 fully saturated rings. The summed E-state index contributed by atoms with van der Waals surface area (Å²) in [6.07, 6.45) is 3.09. The molecule has 0 aliphatic heterocycles. The van der Waals surface area contributed by atoms with Gasteiger partial charge in [-0.3, -0.25) is 9.59 Å². The second-order valence-electron chi connectivity index (χ2n) is 5.88. The van der Waals surface area contributed by atoms with Crippen LogP contribution in [0.5, 0.6) is 5.75 Å². The SMILES string of the molecule is Cn1cccc(C(=O)N/N=C\c2ccc(OCc3ccccc3)cc2)c1=O. The molecule has 27 heavy (non-hydrogen) atoms. The molecule has 1 amide bonds. The fraction of sp³-hybridized carbons (Fsp3) is 0.0952. The number of carbonyl (C=O) groups excluding carboxylic acids is 1. The predicted octanol–water partition coefficient (Wildman–Crippen LogP) is 2.73. The molecule has 2 aromatic carbocycles. The van der Waals surface area contributed by atoms with Crippen molar-refractivity contribution in [2.75, 3.05) is 0 Å². The molecule has 6 heteroatoms. The normalized spacial score (nSPS) is 10.7. The summed E-state index contributed by atoms with van der Waals surface area (Å²) in [5.41, 5.74) is 3.93. The van der Waals surface area contributed by atoms with Gasteiger partial charge < -0.3 is 9.30 Å². The number of aryl methyl sites for hydroxylation is 1. The van der Waals surface area contributed by atoms with Gasteiger partial charge in [-0.2, -0.15) is 5.10 Å². The number of hydrogen-bond acceptors (Lipinski definition) is 4. The Morgan fingerprint density at radius 2 is 1.81 bits per heavy atom.